The summed E-state index contributed by atoms with van der Waals surface area (Å²) in [7, 11) is 0. The summed E-state index contributed by atoms with van der Waals surface area (Å²) < 4.78 is 5.96. The van der Waals surface area contributed by atoms with E-state index in [1.807, 2.05) is 36.4 Å². The monoisotopic (exact) mass is 508 g/mol. The number of hydrogen-bond acceptors (Lipinski definition) is 4. The first-order valence-electron chi connectivity index (χ1n) is 12.7. The molecule has 5 rings (SSSR count). The fourth-order valence-electron chi connectivity index (χ4n) is 4.81. The maximum absolute atomic E-state index is 12.7. The Labute approximate surface area is 223 Å². The van der Waals surface area contributed by atoms with Gasteiger partial charge in [0.05, 0.1) is 4.91 Å². The van der Waals surface area contributed by atoms with Crippen LogP contribution in [0.15, 0.2) is 113 Å². The number of anilines is 1. The van der Waals surface area contributed by atoms with Crippen LogP contribution in [0.25, 0.3) is 0 Å². The first kappa shape index (κ1) is 25.0. The molecule has 1 aliphatic heterocycles. The van der Waals surface area contributed by atoms with Gasteiger partial charge in [-0.15, -0.1) is 0 Å². The number of amides is 1. The van der Waals surface area contributed by atoms with Gasteiger partial charge >= 0.3 is 0 Å². The number of carbonyl (C=O) groups excluding carboxylic acids is 1. The number of carbonyl (C=O) groups is 1. The van der Waals surface area contributed by atoms with Crippen LogP contribution in [0.3, 0.4) is 0 Å². The van der Waals surface area contributed by atoms with E-state index in [2.05, 4.69) is 86.0 Å². The van der Waals surface area contributed by atoms with Gasteiger partial charge in [0.25, 0.3) is 5.91 Å². The zero-order chi connectivity index (χ0) is 25.8. The van der Waals surface area contributed by atoms with E-state index < -0.39 is 0 Å². The fourth-order valence-corrected chi connectivity index (χ4v) is 5.79. The summed E-state index contributed by atoms with van der Waals surface area (Å²) in [5.41, 5.74) is 8.13. The molecule has 1 aliphatic carbocycles. The summed E-state index contributed by atoms with van der Waals surface area (Å²) in [6.45, 7) is 7.01. The topological polar surface area (TPSA) is 50.4 Å². The average Bonchev–Trinajstić information content (AvgIpc) is 3.41. The minimum absolute atomic E-state index is 0.0394. The van der Waals surface area contributed by atoms with Gasteiger partial charge in [0.1, 0.15) is 12.4 Å². The van der Waals surface area contributed by atoms with E-state index in [4.69, 9.17) is 4.74 Å². The molecule has 0 radical (unpaired) electrons. The number of nitrogens with one attached hydrogen (secondary N) is 2. The third-order valence-electron chi connectivity index (χ3n) is 6.87. The SMILES string of the molecule is CCc1ccc(N[C@@H]2NC(=O)/C(=C/C3=C(C)[C@H](c4ccc(OCc5ccccc5)cc4)C(C)=C3)S2)cc1. The molecule has 2 atom stereocenters. The first-order chi connectivity index (χ1) is 18.0. The number of allylic oxidation sites excluding steroid dienone is 5. The Bertz CT molecular complexity index is 1360. The van der Waals surface area contributed by atoms with E-state index in [0.29, 0.717) is 6.61 Å². The number of hydrogen-bond donors (Lipinski definition) is 2. The molecule has 1 saturated heterocycles. The van der Waals surface area contributed by atoms with Crippen LogP contribution < -0.4 is 15.4 Å². The van der Waals surface area contributed by atoms with Gasteiger partial charge in [-0.2, -0.15) is 0 Å². The van der Waals surface area contributed by atoms with Crippen molar-refractivity contribution in [3.8, 4) is 5.75 Å². The zero-order valence-electron chi connectivity index (χ0n) is 21.5. The third-order valence-corrected chi connectivity index (χ3v) is 7.89. The van der Waals surface area contributed by atoms with Crippen LogP contribution in [0, 0.1) is 0 Å². The van der Waals surface area contributed by atoms with Gasteiger partial charge in [-0.3, -0.25) is 4.79 Å². The highest BCUT2D eigenvalue weighted by molar-refractivity contribution is 8.05. The van der Waals surface area contributed by atoms with E-state index >= 15 is 0 Å². The summed E-state index contributed by atoms with van der Waals surface area (Å²) in [4.78, 5) is 13.4. The normalized spacial score (nSPS) is 20.2. The lowest BCUT2D eigenvalue weighted by molar-refractivity contribution is -0.116. The smallest absolute Gasteiger partial charge is 0.260 e. The molecule has 0 bridgehead atoms. The molecular formula is C32H32N2O2S. The fraction of sp³-hybridized carbons (Fsp3) is 0.219. The van der Waals surface area contributed by atoms with Gasteiger partial charge < -0.3 is 15.4 Å². The maximum atomic E-state index is 12.7. The quantitative estimate of drug-likeness (QED) is 0.313. The molecule has 1 fully saturated rings. The van der Waals surface area contributed by atoms with Gasteiger partial charge in [0, 0.05) is 11.6 Å². The number of rotatable bonds is 8. The lowest BCUT2D eigenvalue weighted by Crippen LogP contribution is -2.30. The molecule has 0 aromatic heterocycles. The van der Waals surface area contributed by atoms with Gasteiger partial charge in [0.15, 0.2) is 5.50 Å². The Balaban J connectivity index is 1.25. The van der Waals surface area contributed by atoms with Crippen molar-refractivity contribution in [3.05, 3.63) is 129 Å². The summed E-state index contributed by atoms with van der Waals surface area (Å²) in [5, 5.41) is 6.45. The molecule has 4 nitrogen and oxygen atoms in total. The largest absolute Gasteiger partial charge is 0.489 e. The van der Waals surface area contributed by atoms with Crippen molar-refractivity contribution in [3.63, 3.8) is 0 Å². The predicted molar refractivity (Wildman–Crippen MR) is 153 cm³/mol. The van der Waals surface area contributed by atoms with Crippen LogP contribution in [-0.2, 0) is 17.8 Å². The first-order valence-corrected chi connectivity index (χ1v) is 13.6. The van der Waals surface area contributed by atoms with Crippen LogP contribution >= 0.6 is 11.8 Å². The second-order valence-corrected chi connectivity index (χ2v) is 10.6. The van der Waals surface area contributed by atoms with Crippen molar-refractivity contribution in [2.45, 2.75) is 45.2 Å². The van der Waals surface area contributed by atoms with Crippen LogP contribution in [-0.4, -0.2) is 11.4 Å². The number of benzene rings is 3. The van der Waals surface area contributed by atoms with E-state index in [-0.39, 0.29) is 17.3 Å². The summed E-state index contributed by atoms with van der Waals surface area (Å²) in [6, 6.07) is 26.9. The Kier molecular flexibility index (Phi) is 7.52. The number of thioether (sulfide) groups is 1. The molecule has 2 N–H and O–H groups in total. The molecule has 5 heteroatoms. The Morgan fingerprint density at radius 2 is 1.68 bits per heavy atom. The standard InChI is InChI=1S/C32H32N2O2S/c1-4-23-10-14-27(15-11-23)33-32-34-31(35)29(37-32)19-26-18-21(2)30(22(26)3)25-12-16-28(17-13-25)36-20-24-8-6-5-7-9-24/h5-19,30,32-33H,4,20H2,1-3H3,(H,34,35)/b29-19-/t30-,32-/m1/s1. The second kappa shape index (κ2) is 11.1. The summed E-state index contributed by atoms with van der Waals surface area (Å²) >= 11 is 1.53. The summed E-state index contributed by atoms with van der Waals surface area (Å²) in [6.07, 6.45) is 5.24. The molecule has 0 saturated carbocycles. The van der Waals surface area contributed by atoms with Crippen molar-refractivity contribution in [2.24, 2.45) is 0 Å². The summed E-state index contributed by atoms with van der Waals surface area (Å²) in [5.74, 6) is 1.02. The lowest BCUT2D eigenvalue weighted by atomic mass is 9.89. The Hall–Kier alpha value is -3.70. The second-order valence-electron chi connectivity index (χ2n) is 9.48. The molecule has 37 heavy (non-hydrogen) atoms. The number of aryl methyl sites for hydroxylation is 1. The molecule has 1 heterocycles. The van der Waals surface area contributed by atoms with Crippen molar-refractivity contribution in [1.29, 1.82) is 0 Å². The van der Waals surface area contributed by atoms with E-state index in [9.17, 15) is 4.79 Å². The highest BCUT2D eigenvalue weighted by Crippen LogP contribution is 2.41. The van der Waals surface area contributed by atoms with Gasteiger partial charge in [-0.05, 0) is 72.9 Å². The van der Waals surface area contributed by atoms with Crippen LogP contribution in [0.4, 0.5) is 5.69 Å². The number of ether oxygens (including phenoxy) is 1. The molecule has 188 valence electrons. The molecule has 3 aromatic carbocycles. The van der Waals surface area contributed by atoms with Crippen molar-refractivity contribution in [2.75, 3.05) is 5.32 Å². The van der Waals surface area contributed by atoms with Crippen molar-refractivity contribution < 1.29 is 9.53 Å². The Morgan fingerprint density at radius 3 is 2.38 bits per heavy atom. The van der Waals surface area contributed by atoms with Crippen LogP contribution in [0.1, 0.15) is 43.4 Å². The van der Waals surface area contributed by atoms with E-state index in [0.717, 1.165) is 33.9 Å². The zero-order valence-corrected chi connectivity index (χ0v) is 22.3. The maximum Gasteiger partial charge on any atom is 0.260 e. The van der Waals surface area contributed by atoms with Crippen LogP contribution in [0.5, 0.6) is 5.75 Å². The molecule has 1 amide bonds. The molecule has 0 spiro atoms. The van der Waals surface area contributed by atoms with Gasteiger partial charge in [-0.25, -0.2) is 0 Å². The van der Waals surface area contributed by atoms with E-state index in [1.54, 1.807) is 0 Å². The Morgan fingerprint density at radius 1 is 0.946 bits per heavy atom. The van der Waals surface area contributed by atoms with Crippen LogP contribution in [0.2, 0.25) is 0 Å². The molecule has 2 aliphatic rings. The molecule has 3 aromatic rings. The lowest BCUT2D eigenvalue weighted by Gasteiger charge is -2.16. The van der Waals surface area contributed by atoms with Crippen molar-refractivity contribution >= 4 is 23.4 Å². The highest BCUT2D eigenvalue weighted by atomic mass is 32.2. The minimum atomic E-state index is -0.183. The van der Waals surface area contributed by atoms with E-state index in [1.165, 1.54) is 34.0 Å². The molecular weight excluding hydrogens is 476 g/mol. The third kappa shape index (κ3) is 5.83. The minimum Gasteiger partial charge on any atom is -0.489 e. The predicted octanol–water partition coefficient (Wildman–Crippen LogP) is 7.33. The van der Waals surface area contributed by atoms with Crippen molar-refractivity contribution in [1.82, 2.24) is 5.32 Å². The van der Waals surface area contributed by atoms with Gasteiger partial charge in [0.2, 0.25) is 0 Å². The van der Waals surface area contributed by atoms with Gasteiger partial charge in [-0.1, -0.05) is 90.5 Å². The average molecular weight is 509 g/mol. The highest BCUT2D eigenvalue weighted by Gasteiger charge is 2.29. The molecule has 0 unspecified atom stereocenters.